The molecule has 2 aromatic rings. The number of hydrogen-bond donors (Lipinski definition) is 2. The van der Waals surface area contributed by atoms with E-state index in [1.165, 1.54) is 7.11 Å². The van der Waals surface area contributed by atoms with Crippen molar-refractivity contribution < 1.29 is 43.1 Å². The molecular weight excluding hydrogens is 482 g/mol. The zero-order valence-corrected chi connectivity index (χ0v) is 21.6. The summed E-state index contributed by atoms with van der Waals surface area (Å²) < 4.78 is 33.6. The predicted octanol–water partition coefficient (Wildman–Crippen LogP) is 3.00. The summed E-state index contributed by atoms with van der Waals surface area (Å²) in [5.74, 6) is -2.23. The van der Waals surface area contributed by atoms with Crippen molar-refractivity contribution in [3.05, 3.63) is 65.7 Å². The second kappa shape index (κ2) is 13.0. The van der Waals surface area contributed by atoms with Gasteiger partial charge in [-0.1, -0.05) is 30.3 Å². The topological polar surface area (TPSA) is 122 Å². The Bertz CT molecular complexity index is 1010. The Morgan fingerprint density at radius 2 is 1.73 bits per heavy atom. The van der Waals surface area contributed by atoms with E-state index in [0.29, 0.717) is 18.6 Å². The average molecular weight is 518 g/mol. The first-order chi connectivity index (χ1) is 17.7. The van der Waals surface area contributed by atoms with Crippen LogP contribution in [0.1, 0.15) is 36.2 Å². The lowest BCUT2D eigenvalue weighted by atomic mass is 9.87. The zero-order valence-electron chi connectivity index (χ0n) is 21.6. The summed E-state index contributed by atoms with van der Waals surface area (Å²) in [5.41, 5.74) is -0.693. The van der Waals surface area contributed by atoms with Gasteiger partial charge in [-0.25, -0.2) is 4.79 Å². The number of methoxy groups -OCH3 is 2. The van der Waals surface area contributed by atoms with Crippen molar-refractivity contribution in [1.82, 2.24) is 5.32 Å². The zero-order chi connectivity index (χ0) is 26.9. The van der Waals surface area contributed by atoms with Crippen molar-refractivity contribution in [3.63, 3.8) is 0 Å². The van der Waals surface area contributed by atoms with Gasteiger partial charge in [-0.15, -0.1) is 0 Å². The van der Waals surface area contributed by atoms with Crippen LogP contribution in [0.3, 0.4) is 0 Å². The van der Waals surface area contributed by atoms with Gasteiger partial charge in [0.05, 0.1) is 26.4 Å². The van der Waals surface area contributed by atoms with Gasteiger partial charge in [0.15, 0.2) is 11.3 Å². The van der Waals surface area contributed by atoms with E-state index >= 15 is 0 Å². The number of carboxylic acids is 1. The minimum absolute atomic E-state index is 0.164. The molecule has 3 atom stereocenters. The minimum Gasteiger partial charge on any atom is -0.497 e. The van der Waals surface area contributed by atoms with E-state index in [2.05, 4.69) is 5.32 Å². The molecule has 2 N–H and O–H groups in total. The van der Waals surface area contributed by atoms with E-state index in [9.17, 15) is 14.7 Å². The highest BCUT2D eigenvalue weighted by Gasteiger charge is 2.58. The number of carboxylic acid groups (broad SMARTS) is 1. The number of hydrogen-bond acceptors (Lipinski definition) is 8. The third-order valence-corrected chi connectivity index (χ3v) is 5.93. The van der Waals surface area contributed by atoms with Crippen molar-refractivity contribution in [1.29, 1.82) is 0 Å². The second-order valence-corrected chi connectivity index (χ2v) is 9.14. The van der Waals surface area contributed by atoms with Gasteiger partial charge in [0, 0.05) is 19.3 Å². The van der Waals surface area contributed by atoms with Crippen LogP contribution in [0.2, 0.25) is 0 Å². The Morgan fingerprint density at radius 1 is 1.03 bits per heavy atom. The van der Waals surface area contributed by atoms with E-state index in [0.717, 1.165) is 11.3 Å². The van der Waals surface area contributed by atoms with Crippen molar-refractivity contribution in [2.75, 3.05) is 34.2 Å². The fourth-order valence-corrected chi connectivity index (χ4v) is 4.15. The van der Waals surface area contributed by atoms with Crippen LogP contribution in [0.25, 0.3) is 0 Å². The molecule has 1 amide bonds. The summed E-state index contributed by atoms with van der Waals surface area (Å²) in [4.78, 5) is 25.9. The lowest BCUT2D eigenvalue weighted by Crippen LogP contribution is -2.67. The fraction of sp³-hybridized carbons (Fsp3) is 0.481. The maximum atomic E-state index is 13.1. The fourth-order valence-electron chi connectivity index (χ4n) is 4.15. The van der Waals surface area contributed by atoms with Crippen LogP contribution < -0.4 is 10.1 Å². The number of ether oxygens (including phenoxy) is 6. The normalized spacial score (nSPS) is 20.2. The molecule has 202 valence electrons. The summed E-state index contributed by atoms with van der Waals surface area (Å²) >= 11 is 0. The summed E-state index contributed by atoms with van der Waals surface area (Å²) in [6, 6.07) is 15.9. The predicted molar refractivity (Wildman–Crippen MR) is 133 cm³/mol. The number of amides is 1. The van der Waals surface area contributed by atoms with Crippen molar-refractivity contribution in [2.24, 2.45) is 0 Å². The van der Waals surface area contributed by atoms with Gasteiger partial charge in [0.2, 0.25) is 0 Å². The van der Waals surface area contributed by atoms with E-state index in [1.807, 2.05) is 24.3 Å². The molecule has 0 bridgehead atoms. The van der Waals surface area contributed by atoms with Gasteiger partial charge in [0.1, 0.15) is 18.6 Å². The molecule has 37 heavy (non-hydrogen) atoms. The Labute approximate surface area is 216 Å². The molecular formula is C27H35NO9. The Morgan fingerprint density at radius 3 is 2.35 bits per heavy atom. The van der Waals surface area contributed by atoms with Gasteiger partial charge in [-0.3, -0.25) is 4.79 Å². The van der Waals surface area contributed by atoms with Crippen LogP contribution in [0.5, 0.6) is 5.75 Å². The molecule has 0 radical (unpaired) electrons. The van der Waals surface area contributed by atoms with Gasteiger partial charge < -0.3 is 38.8 Å². The SMILES string of the molecule is COCOC[C@@](NC(=O)c1ccccc1)(C(=O)O)[C@H]1OC(C)(C)O[C@@H]1CCOCc1ccc(OC)cc1. The monoisotopic (exact) mass is 517 g/mol. The highest BCUT2D eigenvalue weighted by Crippen LogP contribution is 2.36. The Kier molecular flexibility index (Phi) is 10.0. The summed E-state index contributed by atoms with van der Waals surface area (Å²) in [6.45, 7) is 3.45. The molecule has 3 rings (SSSR count). The molecule has 1 heterocycles. The van der Waals surface area contributed by atoms with Gasteiger partial charge in [0.25, 0.3) is 5.91 Å². The Hall–Kier alpha value is -3.02. The van der Waals surface area contributed by atoms with E-state index in [-0.39, 0.29) is 13.4 Å². The molecule has 0 spiro atoms. The number of nitrogens with one attached hydrogen (secondary N) is 1. The van der Waals surface area contributed by atoms with Crippen molar-refractivity contribution in [3.8, 4) is 5.75 Å². The van der Waals surface area contributed by atoms with Crippen LogP contribution in [-0.4, -0.2) is 74.7 Å². The largest absolute Gasteiger partial charge is 0.497 e. The average Bonchev–Trinajstić information content (AvgIpc) is 3.21. The molecule has 10 heteroatoms. The maximum Gasteiger partial charge on any atom is 0.334 e. The maximum absolute atomic E-state index is 13.1. The molecule has 2 aromatic carbocycles. The Balaban J connectivity index is 1.78. The molecule has 0 saturated carbocycles. The van der Waals surface area contributed by atoms with Crippen LogP contribution in [0, 0.1) is 0 Å². The molecule has 0 unspecified atom stereocenters. The van der Waals surface area contributed by atoms with Gasteiger partial charge in [-0.05, 0) is 50.1 Å². The first kappa shape index (κ1) is 28.5. The van der Waals surface area contributed by atoms with Crippen LogP contribution >= 0.6 is 0 Å². The summed E-state index contributed by atoms with van der Waals surface area (Å²) in [7, 11) is 3.03. The molecule has 10 nitrogen and oxygen atoms in total. The number of rotatable bonds is 14. The van der Waals surface area contributed by atoms with Crippen molar-refractivity contribution in [2.45, 2.75) is 50.4 Å². The third kappa shape index (κ3) is 7.50. The lowest BCUT2D eigenvalue weighted by molar-refractivity contribution is -0.173. The first-order valence-corrected chi connectivity index (χ1v) is 11.9. The number of aliphatic carboxylic acids is 1. The number of benzene rings is 2. The molecule has 1 fully saturated rings. The molecule has 1 aliphatic rings. The summed E-state index contributed by atoms with van der Waals surface area (Å²) in [5, 5.41) is 13.1. The molecule has 1 saturated heterocycles. The molecule has 0 aromatic heterocycles. The van der Waals surface area contributed by atoms with Crippen molar-refractivity contribution >= 4 is 11.9 Å². The van der Waals surface area contributed by atoms with E-state index < -0.39 is 42.0 Å². The van der Waals surface area contributed by atoms with Crippen LogP contribution in [0.15, 0.2) is 54.6 Å². The standard InChI is InChI=1S/C27H35NO9/c1-26(2)36-22(14-15-34-16-19-10-12-21(33-4)13-11-19)23(37-26)27(25(30)31,17-35-18-32-3)28-24(29)20-8-6-5-7-9-20/h5-13,22-23H,14-18H2,1-4H3,(H,28,29)(H,30,31)/t22-,23+,27+/m1/s1. The van der Waals surface area contributed by atoms with Gasteiger partial charge in [-0.2, -0.15) is 0 Å². The van der Waals surface area contributed by atoms with Crippen LogP contribution in [0.4, 0.5) is 0 Å². The number of carbonyl (C=O) groups excluding carboxylic acids is 1. The van der Waals surface area contributed by atoms with Gasteiger partial charge >= 0.3 is 5.97 Å². The quantitative estimate of drug-likeness (QED) is 0.288. The summed E-state index contributed by atoms with van der Waals surface area (Å²) in [6.07, 6.45) is -1.46. The molecule has 0 aliphatic carbocycles. The highest BCUT2D eigenvalue weighted by atomic mass is 16.8. The van der Waals surface area contributed by atoms with Crippen LogP contribution in [-0.2, 0) is 35.1 Å². The molecule has 1 aliphatic heterocycles. The first-order valence-electron chi connectivity index (χ1n) is 11.9. The minimum atomic E-state index is -1.96. The number of carbonyl (C=O) groups is 2. The second-order valence-electron chi connectivity index (χ2n) is 9.14. The van der Waals surface area contributed by atoms with E-state index in [4.69, 9.17) is 28.4 Å². The smallest absolute Gasteiger partial charge is 0.334 e. The third-order valence-electron chi connectivity index (χ3n) is 5.93. The highest BCUT2D eigenvalue weighted by molar-refractivity contribution is 5.98. The van der Waals surface area contributed by atoms with E-state index in [1.54, 1.807) is 51.3 Å². The lowest BCUT2D eigenvalue weighted by Gasteiger charge is -2.37.